The Bertz CT molecular complexity index is 2150. The third kappa shape index (κ3) is 7.15. The molecule has 3 aromatic carbocycles. The van der Waals surface area contributed by atoms with Crippen LogP contribution in [0.15, 0.2) is 73.1 Å². The SMILES string of the molecule is CNCC(=O)N(Cc1ncc(-c2ccc(-c3ccc4cc(-c5cnc([C@@H]6[C@H]7CCC(C7)N6C(=O)CNC(=O)OC)[nH]5)ccc4c3)cc2)[nH]1)CC1(C)CC1. The van der Waals surface area contributed by atoms with Gasteiger partial charge in [0, 0.05) is 18.2 Å². The molecule has 3 amide bonds. The van der Waals surface area contributed by atoms with E-state index in [1.807, 2.05) is 22.2 Å². The van der Waals surface area contributed by atoms with Crippen molar-refractivity contribution < 1.29 is 19.1 Å². The number of carbonyl (C=O) groups excluding carboxylic acids is 3. The summed E-state index contributed by atoms with van der Waals surface area (Å²) in [5.41, 5.74) is 6.35. The van der Waals surface area contributed by atoms with Crippen molar-refractivity contribution in [1.82, 2.24) is 40.4 Å². The van der Waals surface area contributed by atoms with Crippen LogP contribution in [0.2, 0.25) is 0 Å². The van der Waals surface area contributed by atoms with Gasteiger partial charge in [-0.25, -0.2) is 14.8 Å². The number of benzene rings is 3. The molecule has 2 aliphatic carbocycles. The van der Waals surface area contributed by atoms with Crippen molar-refractivity contribution in [2.45, 2.75) is 57.7 Å². The number of nitrogens with one attached hydrogen (secondary N) is 4. The molecule has 274 valence electrons. The quantitative estimate of drug-likeness (QED) is 0.123. The number of carbonyl (C=O) groups is 3. The first-order valence-corrected chi connectivity index (χ1v) is 18.5. The normalized spacial score (nSPS) is 19.8. The summed E-state index contributed by atoms with van der Waals surface area (Å²) in [5.74, 6) is 1.88. The van der Waals surface area contributed by atoms with E-state index in [4.69, 9.17) is 4.98 Å². The van der Waals surface area contributed by atoms with E-state index in [2.05, 4.69) is 97.9 Å². The van der Waals surface area contributed by atoms with E-state index >= 15 is 0 Å². The molecule has 12 nitrogen and oxygen atoms in total. The fraction of sp³-hybridized carbons (Fsp3) is 0.390. The number of hydrogen-bond acceptors (Lipinski definition) is 7. The molecule has 1 saturated heterocycles. The second-order valence-corrected chi connectivity index (χ2v) is 15.2. The van der Waals surface area contributed by atoms with Gasteiger partial charge in [-0.1, -0.05) is 55.5 Å². The molecule has 0 radical (unpaired) electrons. The summed E-state index contributed by atoms with van der Waals surface area (Å²) in [6.07, 6.45) is 8.38. The number of methoxy groups -OCH3 is 1. The first-order valence-electron chi connectivity index (χ1n) is 18.5. The Morgan fingerprint density at radius 1 is 0.887 bits per heavy atom. The Labute approximate surface area is 308 Å². The number of aromatic nitrogens is 4. The third-order valence-corrected chi connectivity index (χ3v) is 11.3. The van der Waals surface area contributed by atoms with Crippen molar-refractivity contribution in [3.05, 3.63) is 84.7 Å². The maximum atomic E-state index is 13.2. The van der Waals surface area contributed by atoms with E-state index in [-0.39, 0.29) is 35.9 Å². The highest BCUT2D eigenvalue weighted by Gasteiger charge is 2.49. The van der Waals surface area contributed by atoms with Crippen molar-refractivity contribution >= 4 is 28.7 Å². The van der Waals surface area contributed by atoms with E-state index in [9.17, 15) is 14.4 Å². The van der Waals surface area contributed by atoms with Gasteiger partial charge in [-0.3, -0.25) is 9.59 Å². The van der Waals surface area contributed by atoms with Crippen LogP contribution in [-0.4, -0.2) is 87.5 Å². The maximum Gasteiger partial charge on any atom is 0.407 e. The first-order chi connectivity index (χ1) is 25.7. The third-order valence-electron chi connectivity index (χ3n) is 11.3. The monoisotopic (exact) mass is 714 g/mol. The number of likely N-dealkylation sites (N-methyl/N-ethyl adjacent to an activating group) is 1. The van der Waals surface area contributed by atoms with Crippen molar-refractivity contribution in [2.24, 2.45) is 11.3 Å². The van der Waals surface area contributed by atoms with Crippen LogP contribution in [0.5, 0.6) is 0 Å². The fourth-order valence-corrected chi connectivity index (χ4v) is 8.18. The van der Waals surface area contributed by atoms with Crippen molar-refractivity contribution in [2.75, 3.05) is 33.8 Å². The number of amides is 3. The van der Waals surface area contributed by atoms with Gasteiger partial charge in [0.2, 0.25) is 11.8 Å². The number of ether oxygens (including phenoxy) is 1. The van der Waals surface area contributed by atoms with E-state index < -0.39 is 6.09 Å². The Hall–Kier alpha value is -5.49. The highest BCUT2D eigenvalue weighted by molar-refractivity contribution is 5.90. The molecule has 2 bridgehead atoms. The second kappa shape index (κ2) is 14.1. The summed E-state index contributed by atoms with van der Waals surface area (Å²) in [6.45, 7) is 3.67. The summed E-state index contributed by atoms with van der Waals surface area (Å²) in [6, 6.07) is 21.4. The number of hydrogen-bond donors (Lipinski definition) is 4. The molecule has 2 aromatic heterocycles. The van der Waals surface area contributed by atoms with Crippen LogP contribution in [0.25, 0.3) is 44.4 Å². The molecule has 3 aliphatic rings. The van der Waals surface area contributed by atoms with Crippen molar-refractivity contribution in [3.63, 3.8) is 0 Å². The molecular formula is C41H46N8O4. The Morgan fingerprint density at radius 3 is 2.30 bits per heavy atom. The Kier molecular flexibility index (Phi) is 9.23. The summed E-state index contributed by atoms with van der Waals surface area (Å²) in [5, 5.41) is 7.77. The van der Waals surface area contributed by atoms with Crippen LogP contribution in [0, 0.1) is 11.3 Å². The predicted molar refractivity (Wildman–Crippen MR) is 202 cm³/mol. The van der Waals surface area contributed by atoms with Crippen LogP contribution < -0.4 is 10.6 Å². The van der Waals surface area contributed by atoms with E-state index in [0.29, 0.717) is 19.0 Å². The summed E-state index contributed by atoms with van der Waals surface area (Å²) < 4.78 is 4.65. The average molecular weight is 715 g/mol. The van der Waals surface area contributed by atoms with Crippen LogP contribution in [0.1, 0.15) is 56.7 Å². The van der Waals surface area contributed by atoms with Gasteiger partial charge in [-0.15, -0.1) is 0 Å². The number of alkyl carbamates (subject to hydrolysis) is 1. The molecule has 3 atom stereocenters. The topological polar surface area (TPSA) is 148 Å². The number of imidazole rings is 2. The zero-order valence-corrected chi connectivity index (χ0v) is 30.4. The van der Waals surface area contributed by atoms with Crippen LogP contribution in [0.4, 0.5) is 4.79 Å². The molecule has 4 N–H and O–H groups in total. The molecule has 5 aromatic rings. The molecule has 53 heavy (non-hydrogen) atoms. The van der Waals surface area contributed by atoms with Gasteiger partial charge in [0.25, 0.3) is 0 Å². The smallest absolute Gasteiger partial charge is 0.407 e. The number of fused-ring (bicyclic) bond motifs is 3. The van der Waals surface area contributed by atoms with Crippen molar-refractivity contribution in [1.29, 1.82) is 0 Å². The van der Waals surface area contributed by atoms with Gasteiger partial charge >= 0.3 is 6.09 Å². The minimum Gasteiger partial charge on any atom is -0.453 e. The number of piperidine rings is 1. The van der Waals surface area contributed by atoms with Gasteiger partial charge in [0.15, 0.2) is 0 Å². The van der Waals surface area contributed by atoms with Crippen LogP contribution in [-0.2, 0) is 20.9 Å². The standard InChI is InChI=1S/C41H46N8O4/c1-41(14-15-41)24-48(36(50)21-42-2)23-35-43-19-33(46-35)26-6-4-25(5-7-26)27-8-9-29-17-30(11-10-28(29)16-27)34-20-44-39(47-34)38-31-12-13-32(18-31)49(38)37(51)22-45-40(52)53-3/h4-11,16-17,19-20,31-32,38,42H,12-15,18,21-24H2,1-3H3,(H,43,46)(H,44,47)(H,45,52)/t31-,32?,38-/m0/s1. The lowest BCUT2D eigenvalue weighted by molar-refractivity contribution is -0.135. The number of likely N-dealkylation sites (tertiary alicyclic amines) is 1. The maximum absolute atomic E-state index is 13.2. The molecule has 0 spiro atoms. The summed E-state index contributed by atoms with van der Waals surface area (Å²) >= 11 is 0. The van der Waals surface area contributed by atoms with Gasteiger partial charge in [-0.2, -0.15) is 0 Å². The van der Waals surface area contributed by atoms with Crippen LogP contribution >= 0.6 is 0 Å². The highest BCUT2D eigenvalue weighted by atomic mass is 16.5. The minimum absolute atomic E-state index is 0.0884. The number of nitrogens with zero attached hydrogens (tertiary/aromatic N) is 4. The number of H-pyrrole nitrogens is 2. The van der Waals surface area contributed by atoms with Crippen molar-refractivity contribution in [3.8, 4) is 33.6 Å². The Morgan fingerprint density at radius 2 is 1.57 bits per heavy atom. The second-order valence-electron chi connectivity index (χ2n) is 15.2. The van der Waals surface area contributed by atoms with E-state index in [1.165, 1.54) is 7.11 Å². The lowest BCUT2D eigenvalue weighted by atomic mass is 9.97. The molecule has 8 rings (SSSR count). The molecule has 2 saturated carbocycles. The molecular weight excluding hydrogens is 669 g/mol. The minimum atomic E-state index is -0.613. The zero-order chi connectivity index (χ0) is 36.7. The van der Waals surface area contributed by atoms with Gasteiger partial charge in [0.1, 0.15) is 18.2 Å². The molecule has 12 heteroatoms. The summed E-state index contributed by atoms with van der Waals surface area (Å²) in [7, 11) is 3.09. The number of aromatic amines is 2. The van der Waals surface area contributed by atoms with Crippen LogP contribution in [0.3, 0.4) is 0 Å². The van der Waals surface area contributed by atoms with Gasteiger partial charge in [-0.05, 0) is 90.1 Å². The van der Waals surface area contributed by atoms with E-state index in [1.54, 1.807) is 7.05 Å². The van der Waals surface area contributed by atoms with E-state index in [0.717, 1.165) is 94.7 Å². The zero-order valence-electron chi connectivity index (χ0n) is 30.4. The largest absolute Gasteiger partial charge is 0.453 e. The fourth-order valence-electron chi connectivity index (χ4n) is 8.18. The molecule has 3 fully saturated rings. The van der Waals surface area contributed by atoms with Gasteiger partial charge < -0.3 is 35.1 Å². The highest BCUT2D eigenvalue weighted by Crippen LogP contribution is 2.50. The molecule has 1 aliphatic heterocycles. The molecule has 1 unspecified atom stereocenters. The Balaban J connectivity index is 0.945. The first kappa shape index (κ1) is 34.6. The lowest BCUT2D eigenvalue weighted by Crippen LogP contribution is -2.45. The van der Waals surface area contributed by atoms with Gasteiger partial charge in [0.05, 0.1) is 50.0 Å². The number of rotatable bonds is 12. The lowest BCUT2D eigenvalue weighted by Gasteiger charge is -2.34. The average Bonchev–Trinajstić information content (AvgIpc) is 3.72. The molecule has 3 heterocycles. The predicted octanol–water partition coefficient (Wildman–Crippen LogP) is 6.04. The summed E-state index contributed by atoms with van der Waals surface area (Å²) in [4.78, 5) is 57.7.